The number of anilines is 1. The van der Waals surface area contributed by atoms with E-state index in [0.717, 1.165) is 15.8 Å². The standard InChI is InChI=1S/C13H13N3O3S2/c1-7-2-3-8-11(4-7)20-13(15-8)16-10-6-21(18,19)5-9(10)14-12(16)17/h2-4,9-10H,5-6H2,1H3,(H,14,17). The van der Waals surface area contributed by atoms with Gasteiger partial charge in [0.25, 0.3) is 0 Å². The molecule has 0 saturated carbocycles. The van der Waals surface area contributed by atoms with Gasteiger partial charge in [0.15, 0.2) is 15.0 Å². The highest BCUT2D eigenvalue weighted by Gasteiger charge is 2.50. The molecule has 6 nitrogen and oxygen atoms in total. The fourth-order valence-corrected chi connectivity index (χ4v) is 5.96. The quantitative estimate of drug-likeness (QED) is 0.802. The summed E-state index contributed by atoms with van der Waals surface area (Å²) in [5.74, 6) is 0.0231. The van der Waals surface area contributed by atoms with Crippen LogP contribution in [0.1, 0.15) is 5.56 Å². The van der Waals surface area contributed by atoms with Gasteiger partial charge < -0.3 is 5.32 Å². The molecular weight excluding hydrogens is 310 g/mol. The number of rotatable bonds is 1. The number of aromatic nitrogens is 1. The number of nitrogens with one attached hydrogen (secondary N) is 1. The number of hydrogen-bond acceptors (Lipinski definition) is 5. The molecule has 3 heterocycles. The van der Waals surface area contributed by atoms with E-state index in [9.17, 15) is 13.2 Å². The smallest absolute Gasteiger partial charge is 0.324 e. The van der Waals surface area contributed by atoms with Crippen molar-refractivity contribution < 1.29 is 13.2 Å². The predicted molar refractivity (Wildman–Crippen MR) is 81.6 cm³/mol. The minimum absolute atomic E-state index is 0.00532. The Morgan fingerprint density at radius 3 is 3.00 bits per heavy atom. The molecule has 2 fully saturated rings. The van der Waals surface area contributed by atoms with Crippen molar-refractivity contribution in [2.75, 3.05) is 16.4 Å². The Morgan fingerprint density at radius 2 is 2.19 bits per heavy atom. The first-order valence-corrected chi connectivity index (χ1v) is 9.24. The van der Waals surface area contributed by atoms with Gasteiger partial charge in [0.2, 0.25) is 0 Å². The van der Waals surface area contributed by atoms with Gasteiger partial charge in [-0.05, 0) is 24.6 Å². The lowest BCUT2D eigenvalue weighted by molar-refractivity contribution is 0.251. The molecule has 0 radical (unpaired) electrons. The van der Waals surface area contributed by atoms with Gasteiger partial charge in [0.1, 0.15) is 0 Å². The Morgan fingerprint density at radius 1 is 1.38 bits per heavy atom. The zero-order chi connectivity index (χ0) is 14.8. The summed E-state index contributed by atoms with van der Waals surface area (Å²) in [6.45, 7) is 2.00. The maximum absolute atomic E-state index is 12.1. The second-order valence-electron chi connectivity index (χ2n) is 5.54. The van der Waals surface area contributed by atoms with Crippen molar-refractivity contribution in [3.63, 3.8) is 0 Å². The molecule has 2 aliphatic rings. The topological polar surface area (TPSA) is 79.4 Å². The van der Waals surface area contributed by atoms with Crippen LogP contribution < -0.4 is 10.2 Å². The fourth-order valence-electron chi connectivity index (χ4n) is 2.95. The Bertz CT molecular complexity index is 859. The fraction of sp³-hybridized carbons (Fsp3) is 0.385. The number of hydrogen-bond donors (Lipinski definition) is 1. The van der Waals surface area contributed by atoms with Crippen LogP contribution in [-0.4, -0.2) is 43.0 Å². The molecule has 8 heteroatoms. The highest BCUT2D eigenvalue weighted by Crippen LogP contribution is 2.35. The van der Waals surface area contributed by atoms with Crippen molar-refractivity contribution in [3.8, 4) is 0 Å². The highest BCUT2D eigenvalue weighted by molar-refractivity contribution is 7.91. The number of sulfone groups is 1. The minimum Gasteiger partial charge on any atom is -0.332 e. The molecule has 1 N–H and O–H groups in total. The third-order valence-corrected chi connectivity index (χ3v) is 6.65. The molecule has 2 aromatic rings. The largest absolute Gasteiger partial charge is 0.332 e. The van der Waals surface area contributed by atoms with E-state index in [1.165, 1.54) is 16.2 Å². The number of carbonyl (C=O) groups excluding carboxylic acids is 1. The van der Waals surface area contributed by atoms with E-state index in [1.807, 2.05) is 25.1 Å². The average Bonchev–Trinajstić information content (AvgIpc) is 2.97. The van der Waals surface area contributed by atoms with Crippen molar-refractivity contribution in [1.82, 2.24) is 10.3 Å². The van der Waals surface area contributed by atoms with Crippen LogP contribution >= 0.6 is 11.3 Å². The molecule has 2 amide bonds. The Balaban J connectivity index is 1.78. The van der Waals surface area contributed by atoms with E-state index in [2.05, 4.69) is 10.3 Å². The Labute approximate surface area is 125 Å². The van der Waals surface area contributed by atoms with E-state index in [1.54, 1.807) is 0 Å². The van der Waals surface area contributed by atoms with E-state index >= 15 is 0 Å². The number of carbonyl (C=O) groups is 1. The number of nitrogens with zero attached hydrogens (tertiary/aromatic N) is 2. The first kappa shape index (κ1) is 13.0. The SMILES string of the molecule is Cc1ccc2nc(N3C(=O)NC4CS(=O)(=O)CC43)sc2c1. The molecule has 0 bridgehead atoms. The zero-order valence-corrected chi connectivity index (χ0v) is 12.9. The van der Waals surface area contributed by atoms with Crippen molar-refractivity contribution >= 4 is 42.6 Å². The molecule has 0 aliphatic carbocycles. The second kappa shape index (κ2) is 4.17. The van der Waals surface area contributed by atoms with E-state index < -0.39 is 9.84 Å². The molecule has 21 heavy (non-hydrogen) atoms. The van der Waals surface area contributed by atoms with Gasteiger partial charge in [-0.25, -0.2) is 18.2 Å². The van der Waals surface area contributed by atoms with Gasteiger partial charge in [0.05, 0.1) is 33.8 Å². The van der Waals surface area contributed by atoms with Crippen LogP contribution in [0, 0.1) is 6.92 Å². The number of amides is 2. The van der Waals surface area contributed by atoms with Crippen molar-refractivity contribution in [1.29, 1.82) is 0 Å². The molecule has 110 valence electrons. The van der Waals surface area contributed by atoms with Crippen LogP contribution in [-0.2, 0) is 9.84 Å². The predicted octanol–water partition coefficient (Wildman–Crippen LogP) is 1.30. The summed E-state index contributed by atoms with van der Waals surface area (Å²) < 4.78 is 24.5. The molecule has 1 aromatic heterocycles. The number of aryl methyl sites for hydroxylation is 1. The summed E-state index contributed by atoms with van der Waals surface area (Å²) in [6, 6.07) is 4.99. The number of benzene rings is 1. The van der Waals surface area contributed by atoms with E-state index in [-0.39, 0.29) is 29.6 Å². The number of urea groups is 1. The highest BCUT2D eigenvalue weighted by atomic mass is 32.2. The monoisotopic (exact) mass is 323 g/mol. The van der Waals surface area contributed by atoms with Gasteiger partial charge in [-0.2, -0.15) is 0 Å². The van der Waals surface area contributed by atoms with E-state index in [0.29, 0.717) is 5.13 Å². The summed E-state index contributed by atoms with van der Waals surface area (Å²) in [7, 11) is -3.09. The molecule has 2 aliphatic heterocycles. The van der Waals surface area contributed by atoms with Crippen LogP contribution in [0.2, 0.25) is 0 Å². The normalized spacial score (nSPS) is 27.1. The lowest BCUT2D eigenvalue weighted by Gasteiger charge is -2.17. The molecule has 2 atom stereocenters. The molecule has 2 unspecified atom stereocenters. The Kier molecular flexibility index (Phi) is 2.59. The zero-order valence-electron chi connectivity index (χ0n) is 11.2. The second-order valence-corrected chi connectivity index (χ2v) is 8.70. The van der Waals surface area contributed by atoms with Crippen LogP contribution in [0.15, 0.2) is 18.2 Å². The number of thiazole rings is 1. The maximum Gasteiger partial charge on any atom is 0.324 e. The van der Waals surface area contributed by atoms with E-state index in [4.69, 9.17) is 0 Å². The first-order chi connectivity index (χ1) is 9.93. The maximum atomic E-state index is 12.1. The summed E-state index contributed by atoms with van der Waals surface area (Å²) in [5.41, 5.74) is 1.96. The Hall–Kier alpha value is -1.67. The third-order valence-electron chi connectivity index (χ3n) is 3.92. The minimum atomic E-state index is -3.09. The van der Waals surface area contributed by atoms with Gasteiger partial charge >= 0.3 is 6.03 Å². The molecule has 2 saturated heterocycles. The molecule has 1 aromatic carbocycles. The molecular formula is C13H13N3O3S2. The summed E-state index contributed by atoms with van der Waals surface area (Å²) in [4.78, 5) is 18.1. The van der Waals surface area contributed by atoms with Gasteiger partial charge in [-0.1, -0.05) is 17.4 Å². The van der Waals surface area contributed by atoms with Crippen LogP contribution in [0.5, 0.6) is 0 Å². The summed E-state index contributed by atoms with van der Waals surface area (Å²) >= 11 is 1.42. The summed E-state index contributed by atoms with van der Waals surface area (Å²) in [6.07, 6.45) is 0. The summed E-state index contributed by atoms with van der Waals surface area (Å²) in [5, 5.41) is 3.32. The van der Waals surface area contributed by atoms with Crippen molar-refractivity contribution in [2.45, 2.75) is 19.0 Å². The van der Waals surface area contributed by atoms with Crippen molar-refractivity contribution in [3.05, 3.63) is 23.8 Å². The van der Waals surface area contributed by atoms with Gasteiger partial charge in [0, 0.05) is 0 Å². The van der Waals surface area contributed by atoms with Gasteiger partial charge in [-0.3, -0.25) is 4.90 Å². The average molecular weight is 323 g/mol. The number of fused-ring (bicyclic) bond motifs is 2. The van der Waals surface area contributed by atoms with Crippen LogP contribution in [0.3, 0.4) is 0 Å². The third kappa shape index (κ3) is 2.01. The van der Waals surface area contributed by atoms with Crippen LogP contribution in [0.4, 0.5) is 9.93 Å². The van der Waals surface area contributed by atoms with Crippen LogP contribution in [0.25, 0.3) is 10.2 Å². The molecule has 0 spiro atoms. The molecule has 4 rings (SSSR count). The lowest BCUT2D eigenvalue weighted by Crippen LogP contribution is -2.36. The first-order valence-electron chi connectivity index (χ1n) is 6.60. The lowest BCUT2D eigenvalue weighted by atomic mass is 10.2. The van der Waals surface area contributed by atoms with Gasteiger partial charge in [-0.15, -0.1) is 0 Å². The van der Waals surface area contributed by atoms with Crippen molar-refractivity contribution in [2.24, 2.45) is 0 Å².